The van der Waals surface area contributed by atoms with E-state index in [1.807, 2.05) is 6.07 Å². The van der Waals surface area contributed by atoms with E-state index in [2.05, 4.69) is 39.8 Å². The van der Waals surface area contributed by atoms with Crippen LogP contribution >= 0.6 is 24.8 Å². The molecule has 2 aliphatic rings. The maximum absolute atomic E-state index is 12.8. The minimum Gasteiger partial charge on any atom is -0.384 e. The molecular formula is C20H33Cl2N3O3. The number of nitrogens with zero attached hydrogens (tertiary/aromatic N) is 1. The Hall–Kier alpha value is -0.890. The monoisotopic (exact) mass is 433 g/mol. The largest absolute Gasteiger partial charge is 0.384 e. The molecule has 6 nitrogen and oxygen atoms in total. The van der Waals surface area contributed by atoms with Crippen LogP contribution in [0.2, 0.25) is 0 Å². The van der Waals surface area contributed by atoms with E-state index in [0.717, 1.165) is 45.6 Å². The van der Waals surface area contributed by atoms with Crippen LogP contribution in [0.5, 0.6) is 0 Å². The second kappa shape index (κ2) is 12.6. The summed E-state index contributed by atoms with van der Waals surface area (Å²) in [6.45, 7) is 6.17. The van der Waals surface area contributed by atoms with Gasteiger partial charge in [-0.3, -0.25) is 9.69 Å². The highest BCUT2D eigenvalue weighted by atomic mass is 35.5. The lowest BCUT2D eigenvalue weighted by Crippen LogP contribution is -2.53. The van der Waals surface area contributed by atoms with Gasteiger partial charge >= 0.3 is 0 Å². The number of piperidine rings is 1. The highest BCUT2D eigenvalue weighted by Gasteiger charge is 2.39. The molecule has 1 aromatic rings. The molecule has 0 spiro atoms. The first-order chi connectivity index (χ1) is 12.7. The number of benzene rings is 1. The van der Waals surface area contributed by atoms with Gasteiger partial charge in [-0.2, -0.15) is 0 Å². The number of methoxy groups -OCH3 is 1. The molecule has 2 fully saturated rings. The highest BCUT2D eigenvalue weighted by molar-refractivity contribution is 5.85. The van der Waals surface area contributed by atoms with Crippen LogP contribution in [0.25, 0.3) is 0 Å². The smallest absolute Gasteiger partial charge is 0.228 e. The summed E-state index contributed by atoms with van der Waals surface area (Å²) in [5.74, 6) is 0.102. The van der Waals surface area contributed by atoms with Gasteiger partial charge in [-0.15, -0.1) is 24.8 Å². The fraction of sp³-hybridized carbons (Fsp3) is 0.650. The van der Waals surface area contributed by atoms with Crippen LogP contribution in [0.1, 0.15) is 18.4 Å². The Balaban J connectivity index is 0.00000196. The van der Waals surface area contributed by atoms with Gasteiger partial charge in [-0.1, -0.05) is 30.3 Å². The summed E-state index contributed by atoms with van der Waals surface area (Å²) in [7, 11) is 1.67. The van der Waals surface area contributed by atoms with Crippen molar-refractivity contribution in [3.8, 4) is 0 Å². The quantitative estimate of drug-likeness (QED) is 0.686. The van der Waals surface area contributed by atoms with Gasteiger partial charge < -0.3 is 20.1 Å². The van der Waals surface area contributed by atoms with Gasteiger partial charge in [0, 0.05) is 33.3 Å². The minimum atomic E-state index is -0.404. The van der Waals surface area contributed by atoms with Crippen LogP contribution in [0, 0.1) is 5.41 Å². The van der Waals surface area contributed by atoms with Crippen LogP contribution in [-0.4, -0.2) is 70.0 Å². The minimum absolute atomic E-state index is 0. The first-order valence-electron chi connectivity index (χ1n) is 9.58. The number of nitrogens with one attached hydrogen (secondary N) is 2. The number of carbonyl (C=O) groups excluding carboxylic acids is 1. The zero-order valence-corrected chi connectivity index (χ0v) is 18.2. The molecule has 28 heavy (non-hydrogen) atoms. The first kappa shape index (κ1) is 25.1. The van der Waals surface area contributed by atoms with Crippen molar-refractivity contribution in [2.75, 3.05) is 53.0 Å². The molecule has 1 aromatic carbocycles. The Kier molecular flexibility index (Phi) is 11.3. The second-order valence-electron chi connectivity index (χ2n) is 7.39. The molecule has 2 saturated heterocycles. The molecule has 160 valence electrons. The number of ether oxygens (including phenoxy) is 2. The topological polar surface area (TPSA) is 62.8 Å². The molecule has 3 rings (SSSR count). The number of halogens is 2. The highest BCUT2D eigenvalue weighted by Crippen LogP contribution is 2.29. The molecule has 2 aliphatic heterocycles. The normalized spacial score (nSPS) is 21.8. The molecule has 2 N–H and O–H groups in total. The summed E-state index contributed by atoms with van der Waals surface area (Å²) in [6, 6.07) is 10.5. The van der Waals surface area contributed by atoms with Crippen molar-refractivity contribution in [2.45, 2.75) is 25.5 Å². The van der Waals surface area contributed by atoms with Gasteiger partial charge in [0.1, 0.15) is 0 Å². The lowest BCUT2D eigenvalue weighted by atomic mass is 9.78. The summed E-state index contributed by atoms with van der Waals surface area (Å²) in [6.07, 6.45) is 1.68. The SMILES string of the molecule is COCC1(C(=O)NCC2CN(Cc3ccccc3)CCO2)CCNCC1.Cl.Cl. The summed E-state index contributed by atoms with van der Waals surface area (Å²) in [5.41, 5.74) is 0.907. The number of amides is 1. The average Bonchev–Trinajstić information content (AvgIpc) is 2.68. The van der Waals surface area contributed by atoms with E-state index in [0.29, 0.717) is 19.8 Å². The number of rotatable bonds is 7. The third-order valence-corrected chi connectivity index (χ3v) is 5.43. The zero-order valence-electron chi connectivity index (χ0n) is 16.5. The number of morpholine rings is 1. The van der Waals surface area contributed by atoms with Gasteiger partial charge in [0.05, 0.1) is 24.7 Å². The third-order valence-electron chi connectivity index (χ3n) is 5.43. The number of hydrogen-bond donors (Lipinski definition) is 2. The molecule has 0 bridgehead atoms. The Morgan fingerprint density at radius 2 is 2.00 bits per heavy atom. The van der Waals surface area contributed by atoms with E-state index >= 15 is 0 Å². The van der Waals surface area contributed by atoms with Crippen LogP contribution in [0.3, 0.4) is 0 Å². The summed E-state index contributed by atoms with van der Waals surface area (Å²) < 4.78 is 11.2. The van der Waals surface area contributed by atoms with Crippen LogP contribution in [0.15, 0.2) is 30.3 Å². The van der Waals surface area contributed by atoms with Gasteiger partial charge in [-0.25, -0.2) is 0 Å². The van der Waals surface area contributed by atoms with Crippen molar-refractivity contribution < 1.29 is 14.3 Å². The summed E-state index contributed by atoms with van der Waals surface area (Å²) in [5, 5.41) is 6.45. The molecule has 1 amide bonds. The van der Waals surface area contributed by atoms with E-state index in [1.165, 1.54) is 5.56 Å². The second-order valence-corrected chi connectivity index (χ2v) is 7.39. The van der Waals surface area contributed by atoms with Gasteiger partial charge in [0.25, 0.3) is 0 Å². The molecule has 8 heteroatoms. The molecule has 0 aromatic heterocycles. The Labute approximate surface area is 180 Å². The van der Waals surface area contributed by atoms with Crippen molar-refractivity contribution in [3.05, 3.63) is 35.9 Å². The molecular weight excluding hydrogens is 401 g/mol. The molecule has 2 heterocycles. The van der Waals surface area contributed by atoms with Gasteiger partial charge in [-0.05, 0) is 31.5 Å². The number of hydrogen-bond acceptors (Lipinski definition) is 5. The van der Waals surface area contributed by atoms with Crippen molar-refractivity contribution in [1.82, 2.24) is 15.5 Å². The van der Waals surface area contributed by atoms with Gasteiger partial charge in [0.15, 0.2) is 0 Å². The predicted molar refractivity (Wildman–Crippen MR) is 115 cm³/mol. The summed E-state index contributed by atoms with van der Waals surface area (Å²) >= 11 is 0. The van der Waals surface area contributed by atoms with E-state index < -0.39 is 5.41 Å². The van der Waals surface area contributed by atoms with E-state index in [-0.39, 0.29) is 36.8 Å². The van der Waals surface area contributed by atoms with E-state index in [1.54, 1.807) is 7.11 Å². The summed E-state index contributed by atoms with van der Waals surface area (Å²) in [4.78, 5) is 15.2. The maximum atomic E-state index is 12.8. The molecule has 1 atom stereocenters. The van der Waals surface area contributed by atoms with Crippen molar-refractivity contribution in [3.63, 3.8) is 0 Å². The van der Waals surface area contributed by atoms with Crippen LogP contribution < -0.4 is 10.6 Å². The standard InChI is InChI=1S/C20H31N3O3.2ClH/c1-25-16-20(7-9-21-10-8-20)19(24)22-13-18-15-23(11-12-26-18)14-17-5-3-2-4-6-17;;/h2-6,18,21H,7-16H2,1H3,(H,22,24);2*1H. The zero-order chi connectivity index (χ0) is 18.2. The lowest BCUT2D eigenvalue weighted by Gasteiger charge is -2.37. The van der Waals surface area contributed by atoms with Crippen LogP contribution in [-0.2, 0) is 20.8 Å². The molecule has 0 radical (unpaired) electrons. The van der Waals surface area contributed by atoms with Gasteiger partial charge in [0.2, 0.25) is 5.91 Å². The third kappa shape index (κ3) is 6.87. The first-order valence-corrected chi connectivity index (χ1v) is 9.58. The molecule has 0 saturated carbocycles. The number of carbonyl (C=O) groups is 1. The Morgan fingerprint density at radius 3 is 2.68 bits per heavy atom. The Morgan fingerprint density at radius 1 is 1.29 bits per heavy atom. The predicted octanol–water partition coefficient (Wildman–Crippen LogP) is 1.86. The Bertz CT molecular complexity index is 566. The fourth-order valence-corrected chi connectivity index (χ4v) is 3.90. The molecule has 1 unspecified atom stereocenters. The fourth-order valence-electron chi connectivity index (χ4n) is 3.90. The van der Waals surface area contributed by atoms with Crippen molar-refractivity contribution in [2.24, 2.45) is 5.41 Å². The molecule has 0 aliphatic carbocycles. The van der Waals surface area contributed by atoms with Crippen molar-refractivity contribution >= 4 is 30.7 Å². The lowest BCUT2D eigenvalue weighted by molar-refractivity contribution is -0.137. The van der Waals surface area contributed by atoms with E-state index in [4.69, 9.17) is 9.47 Å². The maximum Gasteiger partial charge on any atom is 0.228 e. The average molecular weight is 434 g/mol. The van der Waals surface area contributed by atoms with Crippen molar-refractivity contribution in [1.29, 1.82) is 0 Å². The van der Waals surface area contributed by atoms with Crippen LogP contribution in [0.4, 0.5) is 0 Å². The van der Waals surface area contributed by atoms with E-state index in [9.17, 15) is 4.79 Å².